The zero-order valence-electron chi connectivity index (χ0n) is 15.8. The molecule has 0 saturated heterocycles. The largest absolute Gasteiger partial charge is 0.497 e. The maximum atomic E-state index is 12.5. The predicted molar refractivity (Wildman–Crippen MR) is 109 cm³/mol. The van der Waals surface area contributed by atoms with Gasteiger partial charge >= 0.3 is 0 Å². The maximum Gasteiger partial charge on any atom is 0.262 e. The lowest BCUT2D eigenvalue weighted by molar-refractivity contribution is -0.121. The summed E-state index contributed by atoms with van der Waals surface area (Å²) >= 11 is 1.49. The fourth-order valence-electron chi connectivity index (χ4n) is 2.59. The Kier molecular flexibility index (Phi) is 6.05. The lowest BCUT2D eigenvalue weighted by Gasteiger charge is -2.07. The highest BCUT2D eigenvalue weighted by Gasteiger charge is 2.10. The van der Waals surface area contributed by atoms with Gasteiger partial charge in [-0.25, -0.2) is 10.4 Å². The van der Waals surface area contributed by atoms with E-state index < -0.39 is 5.91 Å². The lowest BCUT2D eigenvalue weighted by atomic mass is 10.2. The molecule has 0 saturated carbocycles. The molecule has 0 fully saturated rings. The number of fused-ring (bicyclic) bond motifs is 1. The second kappa shape index (κ2) is 8.66. The molecule has 0 radical (unpaired) electrons. The molecule has 3 rings (SSSR count). The van der Waals surface area contributed by atoms with E-state index in [4.69, 9.17) is 9.47 Å². The third kappa shape index (κ3) is 4.20. The highest BCUT2D eigenvalue weighted by Crippen LogP contribution is 2.23. The zero-order valence-corrected chi connectivity index (χ0v) is 16.6. The van der Waals surface area contributed by atoms with Crippen molar-refractivity contribution in [3.8, 4) is 11.5 Å². The Morgan fingerprint density at radius 3 is 2.86 bits per heavy atom. The van der Waals surface area contributed by atoms with Crippen molar-refractivity contribution >= 4 is 33.7 Å². The van der Waals surface area contributed by atoms with Crippen molar-refractivity contribution in [2.45, 2.75) is 19.9 Å². The van der Waals surface area contributed by atoms with Crippen molar-refractivity contribution in [3.63, 3.8) is 0 Å². The Balaban J connectivity index is 1.69. The van der Waals surface area contributed by atoms with E-state index in [2.05, 4.69) is 15.5 Å². The molecule has 2 heterocycles. The number of hydrazone groups is 1. The van der Waals surface area contributed by atoms with Gasteiger partial charge in [-0.1, -0.05) is 6.92 Å². The van der Waals surface area contributed by atoms with Crippen LogP contribution < -0.4 is 20.5 Å². The van der Waals surface area contributed by atoms with Crippen LogP contribution in [0.3, 0.4) is 0 Å². The standard InChI is InChI=1S/C19H20N4O4S/c1-4-14-8-15-18(28-14)20-11-23(19(15)25)10-17(24)22-21-9-12-5-6-13(26-2)7-16(12)27-3/h5-9,11H,4,10H2,1-3H3,(H,22,24)/b21-9-. The van der Waals surface area contributed by atoms with Crippen molar-refractivity contribution in [2.75, 3.05) is 14.2 Å². The van der Waals surface area contributed by atoms with Gasteiger partial charge in [0, 0.05) is 16.5 Å². The summed E-state index contributed by atoms with van der Waals surface area (Å²) in [4.78, 5) is 30.7. The summed E-state index contributed by atoms with van der Waals surface area (Å²) in [6.45, 7) is 1.85. The Morgan fingerprint density at radius 1 is 1.32 bits per heavy atom. The molecule has 0 spiro atoms. The van der Waals surface area contributed by atoms with Gasteiger partial charge in [0.25, 0.3) is 11.5 Å². The van der Waals surface area contributed by atoms with E-state index in [-0.39, 0.29) is 12.1 Å². The summed E-state index contributed by atoms with van der Waals surface area (Å²) in [6.07, 6.45) is 3.69. The van der Waals surface area contributed by atoms with Gasteiger partial charge in [0.05, 0.1) is 32.1 Å². The van der Waals surface area contributed by atoms with Gasteiger partial charge in [-0.15, -0.1) is 11.3 Å². The number of hydrogen-bond acceptors (Lipinski definition) is 7. The molecule has 1 aromatic carbocycles. The zero-order chi connectivity index (χ0) is 20.1. The molecule has 8 nitrogen and oxygen atoms in total. The SMILES string of the molecule is CCc1cc2c(=O)n(CC(=O)N/N=C\c3ccc(OC)cc3OC)cnc2s1. The molecular formula is C19H20N4O4S. The molecule has 0 bridgehead atoms. The van der Waals surface area contributed by atoms with Crippen molar-refractivity contribution in [2.24, 2.45) is 5.10 Å². The third-order valence-corrected chi connectivity index (χ3v) is 5.25. The average Bonchev–Trinajstić information content (AvgIpc) is 3.14. The van der Waals surface area contributed by atoms with Crippen LogP contribution in [0.5, 0.6) is 11.5 Å². The molecule has 2 aromatic heterocycles. The van der Waals surface area contributed by atoms with Gasteiger partial charge in [-0.3, -0.25) is 14.2 Å². The highest BCUT2D eigenvalue weighted by molar-refractivity contribution is 7.18. The number of aromatic nitrogens is 2. The number of methoxy groups -OCH3 is 2. The molecule has 3 aromatic rings. The van der Waals surface area contributed by atoms with Gasteiger partial charge in [-0.05, 0) is 24.6 Å². The van der Waals surface area contributed by atoms with Crippen LogP contribution in [-0.2, 0) is 17.8 Å². The summed E-state index contributed by atoms with van der Waals surface area (Å²) in [6, 6.07) is 7.07. The fraction of sp³-hybridized carbons (Fsp3) is 0.263. The van der Waals surface area contributed by atoms with Crippen LogP contribution in [0.15, 0.2) is 40.5 Å². The number of hydrogen-bond donors (Lipinski definition) is 1. The number of thiophene rings is 1. The number of rotatable bonds is 7. The van der Waals surface area contributed by atoms with Gasteiger partial charge in [0.2, 0.25) is 0 Å². The Hall–Kier alpha value is -3.20. The van der Waals surface area contributed by atoms with Crippen LogP contribution >= 0.6 is 11.3 Å². The molecule has 0 atom stereocenters. The summed E-state index contributed by atoms with van der Waals surface area (Å²) < 4.78 is 11.7. The number of benzene rings is 1. The first-order valence-corrected chi connectivity index (χ1v) is 9.39. The van der Waals surface area contributed by atoms with Crippen molar-refractivity contribution < 1.29 is 14.3 Å². The van der Waals surface area contributed by atoms with Crippen LogP contribution in [-0.4, -0.2) is 35.9 Å². The number of nitrogens with zero attached hydrogens (tertiary/aromatic N) is 3. The van der Waals surface area contributed by atoms with Gasteiger partial charge in [0.1, 0.15) is 22.9 Å². The first-order valence-electron chi connectivity index (χ1n) is 8.57. The van der Waals surface area contributed by atoms with Gasteiger partial charge in [-0.2, -0.15) is 5.10 Å². The molecule has 146 valence electrons. The van der Waals surface area contributed by atoms with Gasteiger partial charge in [0.15, 0.2) is 0 Å². The Bertz CT molecular complexity index is 1090. The minimum atomic E-state index is -0.432. The van der Waals surface area contributed by atoms with E-state index in [0.717, 1.165) is 11.3 Å². The number of nitrogens with one attached hydrogen (secondary N) is 1. The number of ether oxygens (including phenoxy) is 2. The quantitative estimate of drug-likeness (QED) is 0.485. The number of aryl methyl sites for hydroxylation is 1. The van der Waals surface area contributed by atoms with Crippen molar-refractivity contribution in [1.29, 1.82) is 0 Å². The van der Waals surface area contributed by atoms with Gasteiger partial charge < -0.3 is 9.47 Å². The minimum Gasteiger partial charge on any atom is -0.497 e. The Labute approximate surface area is 165 Å². The maximum absolute atomic E-state index is 12.5. The molecule has 0 aliphatic rings. The van der Waals surface area contributed by atoms with E-state index in [1.54, 1.807) is 25.3 Å². The second-order valence-electron chi connectivity index (χ2n) is 5.86. The molecule has 0 unspecified atom stereocenters. The highest BCUT2D eigenvalue weighted by atomic mass is 32.1. The average molecular weight is 400 g/mol. The molecule has 1 N–H and O–H groups in total. The summed E-state index contributed by atoms with van der Waals surface area (Å²) in [5, 5.41) is 4.46. The summed E-state index contributed by atoms with van der Waals surface area (Å²) in [7, 11) is 3.10. The summed E-state index contributed by atoms with van der Waals surface area (Å²) in [5.74, 6) is 0.783. The lowest BCUT2D eigenvalue weighted by Crippen LogP contribution is -2.29. The van der Waals surface area contributed by atoms with E-state index >= 15 is 0 Å². The minimum absolute atomic E-state index is 0.170. The van der Waals surface area contributed by atoms with E-state index in [1.165, 1.54) is 35.6 Å². The van der Waals surface area contributed by atoms with Crippen molar-refractivity contribution in [1.82, 2.24) is 15.0 Å². The van der Waals surface area contributed by atoms with Crippen LogP contribution in [0.1, 0.15) is 17.4 Å². The molecule has 0 aliphatic heterocycles. The number of carbonyl (C=O) groups excluding carboxylic acids is 1. The molecule has 28 heavy (non-hydrogen) atoms. The third-order valence-electron chi connectivity index (χ3n) is 4.07. The van der Waals surface area contributed by atoms with Crippen LogP contribution in [0.2, 0.25) is 0 Å². The topological polar surface area (TPSA) is 94.8 Å². The van der Waals surface area contributed by atoms with E-state index in [1.807, 2.05) is 13.0 Å². The first kappa shape index (κ1) is 19.6. The molecule has 9 heteroatoms. The van der Waals surface area contributed by atoms with E-state index in [0.29, 0.717) is 27.3 Å². The smallest absolute Gasteiger partial charge is 0.262 e. The molecule has 0 aliphatic carbocycles. The van der Waals surface area contributed by atoms with Crippen LogP contribution in [0.25, 0.3) is 10.2 Å². The van der Waals surface area contributed by atoms with Crippen LogP contribution in [0, 0.1) is 0 Å². The fourth-order valence-corrected chi connectivity index (χ4v) is 3.51. The van der Waals surface area contributed by atoms with E-state index in [9.17, 15) is 9.59 Å². The first-order chi connectivity index (χ1) is 13.5. The second-order valence-corrected chi connectivity index (χ2v) is 6.98. The predicted octanol–water partition coefficient (Wildman–Crippen LogP) is 2.19. The number of carbonyl (C=O) groups is 1. The van der Waals surface area contributed by atoms with Crippen molar-refractivity contribution in [3.05, 3.63) is 51.4 Å². The monoisotopic (exact) mass is 400 g/mol. The summed E-state index contributed by atoms with van der Waals surface area (Å²) in [5.41, 5.74) is 2.85. The van der Waals surface area contributed by atoms with Crippen LogP contribution in [0.4, 0.5) is 0 Å². The Morgan fingerprint density at radius 2 is 2.14 bits per heavy atom. The molecule has 1 amide bonds. The normalized spacial score (nSPS) is 11.1. The molecular weight excluding hydrogens is 380 g/mol. The number of amides is 1.